The van der Waals surface area contributed by atoms with Crippen molar-refractivity contribution in [2.45, 2.75) is 0 Å². The molecule has 0 aliphatic carbocycles. The minimum absolute atomic E-state index is 0.309. The maximum Gasteiger partial charge on any atom is 0.268 e. The van der Waals surface area contributed by atoms with Gasteiger partial charge >= 0.3 is 0 Å². The molecule has 0 saturated carbocycles. The van der Waals surface area contributed by atoms with Crippen molar-refractivity contribution in [1.29, 1.82) is 10.5 Å². The number of nitrogens with zero attached hydrogens (tertiary/aromatic N) is 4. The minimum atomic E-state index is -0.413. The second kappa shape index (κ2) is 13.8. The zero-order chi connectivity index (χ0) is 39.3. The highest BCUT2D eigenvalue weighted by Crippen LogP contribution is 2.43. The van der Waals surface area contributed by atoms with Gasteiger partial charge in [0.25, 0.3) is 11.8 Å². The first-order valence-corrected chi connectivity index (χ1v) is 18.9. The van der Waals surface area contributed by atoms with E-state index in [0.717, 1.165) is 66.3 Å². The van der Waals surface area contributed by atoms with Crippen LogP contribution in [0.15, 0.2) is 182 Å². The van der Waals surface area contributed by atoms with Crippen molar-refractivity contribution in [3.05, 3.63) is 204 Å². The van der Waals surface area contributed by atoms with Gasteiger partial charge in [-0.2, -0.15) is 10.5 Å². The molecule has 0 N–H and O–H groups in total. The average Bonchev–Trinajstić information content (AvgIpc) is 3.75. The van der Waals surface area contributed by atoms with Crippen LogP contribution in [0.1, 0.15) is 31.8 Å². The van der Waals surface area contributed by atoms with Crippen molar-refractivity contribution in [3.8, 4) is 62.3 Å². The smallest absolute Gasteiger partial charge is 0.268 e. The summed E-state index contributed by atoms with van der Waals surface area (Å²) >= 11 is 0. The lowest BCUT2D eigenvalue weighted by molar-refractivity contribution is 0.0926. The van der Waals surface area contributed by atoms with Gasteiger partial charge in [0.05, 0.1) is 56.8 Å². The number of carbonyl (C=O) groups is 2. The van der Waals surface area contributed by atoms with Crippen LogP contribution < -0.4 is 4.90 Å². The zero-order valence-corrected chi connectivity index (χ0v) is 30.9. The average molecular weight is 743 g/mol. The summed E-state index contributed by atoms with van der Waals surface area (Å²) in [5, 5.41) is 21.3. The molecule has 8 aromatic carbocycles. The van der Waals surface area contributed by atoms with Gasteiger partial charge in [0.1, 0.15) is 0 Å². The number of fused-ring (bicyclic) bond motifs is 4. The molecule has 270 valence electrons. The highest BCUT2D eigenvalue weighted by molar-refractivity contribution is 6.36. The normalized spacial score (nSPS) is 12.1. The molecule has 0 radical (unpaired) electrons. The molecule has 6 nitrogen and oxygen atoms in total. The molecule has 0 unspecified atom stereocenters. The molecule has 6 heteroatoms. The first-order valence-electron chi connectivity index (χ1n) is 18.9. The summed E-state index contributed by atoms with van der Waals surface area (Å²) in [6, 6.07) is 63.0. The first-order chi connectivity index (χ1) is 28.5. The molecule has 0 spiro atoms. The number of rotatable bonds is 6. The third-order valence-electron chi connectivity index (χ3n) is 11.0. The number of carbonyl (C=O) groups excluding carboxylic acids is 2. The first kappa shape index (κ1) is 34.2. The van der Waals surface area contributed by atoms with E-state index in [1.807, 2.05) is 140 Å². The molecule has 58 heavy (non-hydrogen) atoms. The molecule has 2 heterocycles. The second-order valence-corrected chi connectivity index (χ2v) is 14.3. The van der Waals surface area contributed by atoms with Crippen molar-refractivity contribution < 1.29 is 9.59 Å². The van der Waals surface area contributed by atoms with Crippen LogP contribution in [0.25, 0.3) is 72.0 Å². The summed E-state index contributed by atoms with van der Waals surface area (Å²) in [5.41, 5.74) is 11.6. The van der Waals surface area contributed by atoms with Crippen LogP contribution >= 0.6 is 0 Å². The van der Waals surface area contributed by atoms with Crippen molar-refractivity contribution in [2.24, 2.45) is 0 Å². The summed E-state index contributed by atoms with van der Waals surface area (Å²) in [5.74, 6) is -0.809. The summed E-state index contributed by atoms with van der Waals surface area (Å²) in [4.78, 5) is 31.2. The van der Waals surface area contributed by atoms with Crippen LogP contribution in [0.5, 0.6) is 0 Å². The summed E-state index contributed by atoms with van der Waals surface area (Å²) < 4.78 is 2.08. The maximum atomic E-state index is 15.2. The molecule has 0 atom stereocenters. The van der Waals surface area contributed by atoms with E-state index in [2.05, 4.69) is 41.0 Å². The van der Waals surface area contributed by atoms with Gasteiger partial charge in [-0.1, -0.05) is 127 Å². The van der Waals surface area contributed by atoms with Crippen molar-refractivity contribution in [2.75, 3.05) is 4.90 Å². The fourth-order valence-electron chi connectivity index (χ4n) is 8.24. The molecule has 10 rings (SSSR count). The van der Waals surface area contributed by atoms with Crippen molar-refractivity contribution >= 4 is 39.3 Å². The minimum Gasteiger partial charge on any atom is -0.308 e. The number of anilines is 1. The summed E-state index contributed by atoms with van der Waals surface area (Å²) in [7, 11) is 0. The van der Waals surface area contributed by atoms with Gasteiger partial charge in [-0.05, 0) is 93.5 Å². The molecular formula is C52H30N4O2. The van der Waals surface area contributed by atoms with Crippen molar-refractivity contribution in [3.63, 3.8) is 0 Å². The Morgan fingerprint density at radius 1 is 0.379 bits per heavy atom. The number of hydrogen-bond donors (Lipinski definition) is 0. The number of amides is 2. The van der Waals surface area contributed by atoms with Gasteiger partial charge in [-0.25, -0.2) is 4.90 Å². The van der Waals surface area contributed by atoms with E-state index in [-0.39, 0.29) is 0 Å². The second-order valence-electron chi connectivity index (χ2n) is 14.3. The number of aromatic nitrogens is 1. The van der Waals surface area contributed by atoms with E-state index < -0.39 is 11.8 Å². The van der Waals surface area contributed by atoms with E-state index in [1.54, 1.807) is 18.2 Å². The predicted molar refractivity (Wildman–Crippen MR) is 230 cm³/mol. The van der Waals surface area contributed by atoms with Crippen LogP contribution in [0, 0.1) is 22.7 Å². The SMILES string of the molecule is N#Cc1cccc(-c2ccc3c4ccc(-c5cccc(C#N)c5)cc4n(-c4cccc5c4C(=O)N(c4cc(-c6ccccc6)ccc4-c4ccccc4)C5=O)c3c2)c1. The number of benzene rings is 8. The fraction of sp³-hybridized carbons (Fsp3) is 0. The van der Waals surface area contributed by atoms with Crippen molar-refractivity contribution in [1.82, 2.24) is 4.57 Å². The predicted octanol–water partition coefficient (Wildman–Crippen LogP) is 12.0. The molecule has 0 fully saturated rings. The van der Waals surface area contributed by atoms with E-state index in [9.17, 15) is 15.3 Å². The highest BCUT2D eigenvalue weighted by atomic mass is 16.2. The molecular weight excluding hydrogens is 713 g/mol. The lowest BCUT2D eigenvalue weighted by atomic mass is 9.97. The molecule has 2 amide bonds. The number of imide groups is 1. The van der Waals surface area contributed by atoms with Crippen LogP contribution in [0.2, 0.25) is 0 Å². The Kier molecular flexibility index (Phi) is 8.11. The van der Waals surface area contributed by atoms with Gasteiger partial charge in [0.15, 0.2) is 0 Å². The van der Waals surface area contributed by atoms with Gasteiger partial charge < -0.3 is 4.57 Å². The standard InChI is InChI=1S/C52H30N4O2/c53-31-33-10-7-16-37(26-33)40-21-24-43-44-25-22-41(38-17-8-11-34(27-38)32-54)30-49(44)55(48(43)29-40)46-19-9-18-45-50(46)52(58)56(51(45)57)47-28-39(35-12-3-1-4-13-35)20-23-42(47)36-14-5-2-6-15-36/h1-30H. The van der Waals surface area contributed by atoms with E-state index in [4.69, 9.17) is 0 Å². The number of hydrogen-bond acceptors (Lipinski definition) is 4. The third kappa shape index (κ3) is 5.56. The topological polar surface area (TPSA) is 89.9 Å². The Hall–Kier alpha value is -8.32. The van der Waals surface area contributed by atoms with E-state index >= 15 is 4.79 Å². The molecule has 1 aliphatic rings. The third-order valence-corrected chi connectivity index (χ3v) is 11.0. The number of nitriles is 2. The van der Waals surface area contributed by atoms with Crippen LogP contribution in [-0.4, -0.2) is 16.4 Å². The highest BCUT2D eigenvalue weighted by Gasteiger charge is 2.40. The molecule has 1 aromatic heterocycles. The molecule has 0 bridgehead atoms. The summed E-state index contributed by atoms with van der Waals surface area (Å²) in [6.07, 6.45) is 0. The monoisotopic (exact) mass is 742 g/mol. The summed E-state index contributed by atoms with van der Waals surface area (Å²) in [6.45, 7) is 0. The van der Waals surface area contributed by atoms with Gasteiger partial charge in [-0.3, -0.25) is 9.59 Å². The van der Waals surface area contributed by atoms with E-state index in [0.29, 0.717) is 33.6 Å². The van der Waals surface area contributed by atoms with E-state index in [1.165, 1.54) is 4.90 Å². The van der Waals surface area contributed by atoms with Gasteiger partial charge in [0.2, 0.25) is 0 Å². The fourth-order valence-corrected chi connectivity index (χ4v) is 8.24. The molecule has 0 saturated heterocycles. The van der Waals surface area contributed by atoms with Crippen LogP contribution in [0.4, 0.5) is 5.69 Å². The Bertz CT molecular complexity index is 3130. The molecule has 1 aliphatic heterocycles. The maximum absolute atomic E-state index is 15.2. The Labute approximate surface area is 334 Å². The quantitative estimate of drug-likeness (QED) is 0.159. The Balaban J connectivity index is 1.21. The molecule has 9 aromatic rings. The Morgan fingerprint density at radius 3 is 1.47 bits per heavy atom. The van der Waals surface area contributed by atoms with Gasteiger partial charge in [0, 0.05) is 16.3 Å². The lowest BCUT2D eigenvalue weighted by Gasteiger charge is -2.20. The largest absolute Gasteiger partial charge is 0.308 e. The van der Waals surface area contributed by atoms with Gasteiger partial charge in [-0.15, -0.1) is 0 Å². The Morgan fingerprint density at radius 2 is 0.879 bits per heavy atom. The van der Waals surface area contributed by atoms with Crippen LogP contribution in [-0.2, 0) is 0 Å². The lowest BCUT2D eigenvalue weighted by Crippen LogP contribution is -2.30. The van der Waals surface area contributed by atoms with Crippen LogP contribution in [0.3, 0.4) is 0 Å². The zero-order valence-electron chi connectivity index (χ0n) is 30.9.